The van der Waals surface area contributed by atoms with E-state index in [4.69, 9.17) is 0 Å². The first-order valence-electron chi connectivity index (χ1n) is 5.79. The molecule has 0 aliphatic heterocycles. The van der Waals surface area contributed by atoms with Crippen LogP contribution in [0.2, 0.25) is 0 Å². The molecule has 0 bridgehead atoms. The number of nitrogens with zero attached hydrogens (tertiary/aromatic N) is 2. The topological polar surface area (TPSA) is 29.9 Å². The Morgan fingerprint density at radius 3 is 2.40 bits per heavy atom. The molecular weight excluding hydrogens is 186 g/mol. The summed E-state index contributed by atoms with van der Waals surface area (Å²) in [5, 5.41) is 7.80. The van der Waals surface area contributed by atoms with Crippen LogP contribution in [0.1, 0.15) is 51.0 Å². The molecule has 0 saturated carbocycles. The summed E-state index contributed by atoms with van der Waals surface area (Å²) in [7, 11) is 1.97. The Bertz CT molecular complexity index is 274. The molecule has 1 N–H and O–H groups in total. The molecule has 0 aliphatic rings. The second kappa shape index (κ2) is 5.31. The number of rotatable bonds is 5. The third-order valence-electron chi connectivity index (χ3n) is 2.53. The summed E-state index contributed by atoms with van der Waals surface area (Å²) in [6, 6.07) is 2.69. The Hall–Kier alpha value is -0.830. The number of likely N-dealkylation sites (N-methyl/N-ethyl adjacent to an activating group) is 1. The van der Waals surface area contributed by atoms with Crippen molar-refractivity contribution in [3.05, 3.63) is 17.5 Å². The Morgan fingerprint density at radius 2 is 2.00 bits per heavy atom. The fourth-order valence-electron chi connectivity index (χ4n) is 1.68. The maximum atomic E-state index is 4.65. The van der Waals surface area contributed by atoms with Crippen molar-refractivity contribution in [1.29, 1.82) is 0 Å². The van der Waals surface area contributed by atoms with Crippen LogP contribution >= 0.6 is 0 Å². The standard InChI is InChI=1S/C12H23N3/c1-9(2)12-8-11(6-7-13-5)14-15(12)10(3)4/h8-10,13H,6-7H2,1-5H3. The fraction of sp³-hybridized carbons (Fsp3) is 0.750. The molecule has 0 amide bonds. The molecule has 0 spiro atoms. The van der Waals surface area contributed by atoms with E-state index >= 15 is 0 Å². The quantitative estimate of drug-likeness (QED) is 0.806. The van der Waals surface area contributed by atoms with Gasteiger partial charge in [0.15, 0.2) is 0 Å². The summed E-state index contributed by atoms with van der Waals surface area (Å²) in [4.78, 5) is 0. The molecule has 1 aromatic heterocycles. The minimum absolute atomic E-state index is 0.450. The average molecular weight is 209 g/mol. The van der Waals surface area contributed by atoms with E-state index in [1.807, 2.05) is 7.05 Å². The van der Waals surface area contributed by atoms with E-state index in [9.17, 15) is 0 Å². The van der Waals surface area contributed by atoms with Gasteiger partial charge in [-0.05, 0) is 32.9 Å². The summed E-state index contributed by atoms with van der Waals surface area (Å²) in [5.74, 6) is 0.545. The number of nitrogens with one attached hydrogen (secondary N) is 1. The summed E-state index contributed by atoms with van der Waals surface area (Å²) in [5.41, 5.74) is 2.54. The number of hydrogen-bond donors (Lipinski definition) is 1. The van der Waals surface area contributed by atoms with Gasteiger partial charge >= 0.3 is 0 Å². The maximum absolute atomic E-state index is 4.65. The van der Waals surface area contributed by atoms with Gasteiger partial charge in [0.2, 0.25) is 0 Å². The Labute approximate surface area is 92.9 Å². The van der Waals surface area contributed by atoms with Crippen LogP contribution in [0.4, 0.5) is 0 Å². The van der Waals surface area contributed by atoms with Crippen LogP contribution in [0.25, 0.3) is 0 Å². The normalized spacial score (nSPS) is 11.7. The predicted octanol–water partition coefficient (Wildman–Crippen LogP) is 2.35. The molecule has 1 rings (SSSR count). The lowest BCUT2D eigenvalue weighted by atomic mass is 10.1. The van der Waals surface area contributed by atoms with Crippen LogP contribution in [-0.2, 0) is 6.42 Å². The molecule has 0 radical (unpaired) electrons. The zero-order chi connectivity index (χ0) is 11.4. The van der Waals surface area contributed by atoms with Gasteiger partial charge in [0.25, 0.3) is 0 Å². The summed E-state index contributed by atoms with van der Waals surface area (Å²) in [6.07, 6.45) is 1.01. The van der Waals surface area contributed by atoms with Crippen LogP contribution in [0.15, 0.2) is 6.07 Å². The molecule has 3 nitrogen and oxygen atoms in total. The highest BCUT2D eigenvalue weighted by molar-refractivity contribution is 5.14. The van der Waals surface area contributed by atoms with Crippen LogP contribution in [0.3, 0.4) is 0 Å². The molecule has 0 aromatic carbocycles. The first kappa shape index (κ1) is 12.2. The van der Waals surface area contributed by atoms with Gasteiger partial charge in [-0.2, -0.15) is 5.10 Å². The van der Waals surface area contributed by atoms with Crippen molar-refractivity contribution < 1.29 is 0 Å². The molecule has 15 heavy (non-hydrogen) atoms. The van der Waals surface area contributed by atoms with E-state index in [2.05, 4.69) is 48.9 Å². The van der Waals surface area contributed by atoms with Gasteiger partial charge in [0.1, 0.15) is 0 Å². The highest BCUT2D eigenvalue weighted by atomic mass is 15.3. The van der Waals surface area contributed by atoms with Gasteiger partial charge in [-0.15, -0.1) is 0 Å². The third kappa shape index (κ3) is 3.06. The zero-order valence-corrected chi connectivity index (χ0v) is 10.5. The van der Waals surface area contributed by atoms with E-state index < -0.39 is 0 Å². The number of aromatic nitrogens is 2. The van der Waals surface area contributed by atoms with Crippen molar-refractivity contribution in [2.24, 2.45) is 0 Å². The second-order valence-electron chi connectivity index (χ2n) is 4.61. The maximum Gasteiger partial charge on any atom is 0.0640 e. The highest BCUT2D eigenvalue weighted by Crippen LogP contribution is 2.19. The molecule has 0 fully saturated rings. The molecule has 86 valence electrons. The molecule has 3 heteroatoms. The highest BCUT2D eigenvalue weighted by Gasteiger charge is 2.12. The Morgan fingerprint density at radius 1 is 1.33 bits per heavy atom. The van der Waals surface area contributed by atoms with E-state index in [1.54, 1.807) is 0 Å². The van der Waals surface area contributed by atoms with Crippen LogP contribution in [0, 0.1) is 0 Å². The zero-order valence-electron chi connectivity index (χ0n) is 10.5. The van der Waals surface area contributed by atoms with Crippen molar-refractivity contribution in [2.75, 3.05) is 13.6 Å². The van der Waals surface area contributed by atoms with Crippen molar-refractivity contribution >= 4 is 0 Å². The van der Waals surface area contributed by atoms with E-state index in [1.165, 1.54) is 11.4 Å². The van der Waals surface area contributed by atoms with Crippen LogP contribution in [0.5, 0.6) is 0 Å². The van der Waals surface area contributed by atoms with Crippen molar-refractivity contribution in [3.63, 3.8) is 0 Å². The molecule has 0 unspecified atom stereocenters. The molecule has 1 heterocycles. The SMILES string of the molecule is CNCCc1cc(C(C)C)n(C(C)C)n1. The van der Waals surface area contributed by atoms with Gasteiger partial charge < -0.3 is 5.32 Å². The predicted molar refractivity (Wildman–Crippen MR) is 64.3 cm³/mol. The first-order chi connectivity index (χ1) is 7.06. The Kier molecular flexibility index (Phi) is 4.33. The van der Waals surface area contributed by atoms with E-state index in [0.29, 0.717) is 12.0 Å². The van der Waals surface area contributed by atoms with Gasteiger partial charge in [-0.25, -0.2) is 0 Å². The summed E-state index contributed by atoms with van der Waals surface area (Å²) in [6.45, 7) is 9.80. The molecule has 0 atom stereocenters. The third-order valence-corrected chi connectivity index (χ3v) is 2.53. The molecule has 0 aliphatic carbocycles. The first-order valence-corrected chi connectivity index (χ1v) is 5.79. The monoisotopic (exact) mass is 209 g/mol. The van der Waals surface area contributed by atoms with Gasteiger partial charge in [0.05, 0.1) is 5.69 Å². The molecule has 0 saturated heterocycles. The average Bonchev–Trinajstić information content (AvgIpc) is 2.58. The second-order valence-corrected chi connectivity index (χ2v) is 4.61. The lowest BCUT2D eigenvalue weighted by Gasteiger charge is -2.12. The largest absolute Gasteiger partial charge is 0.319 e. The van der Waals surface area contributed by atoms with Gasteiger partial charge in [-0.1, -0.05) is 13.8 Å². The van der Waals surface area contributed by atoms with Gasteiger partial charge in [-0.3, -0.25) is 4.68 Å². The van der Waals surface area contributed by atoms with Crippen molar-refractivity contribution in [2.45, 2.75) is 46.1 Å². The minimum Gasteiger partial charge on any atom is -0.319 e. The lowest BCUT2D eigenvalue weighted by molar-refractivity contribution is 0.493. The fourth-order valence-corrected chi connectivity index (χ4v) is 1.68. The van der Waals surface area contributed by atoms with Crippen molar-refractivity contribution in [1.82, 2.24) is 15.1 Å². The number of hydrogen-bond acceptors (Lipinski definition) is 2. The molecular formula is C12H23N3. The lowest BCUT2D eigenvalue weighted by Crippen LogP contribution is -2.11. The summed E-state index contributed by atoms with van der Waals surface area (Å²) >= 11 is 0. The van der Waals surface area contributed by atoms with Crippen LogP contribution in [-0.4, -0.2) is 23.4 Å². The van der Waals surface area contributed by atoms with Crippen molar-refractivity contribution in [3.8, 4) is 0 Å². The minimum atomic E-state index is 0.450. The van der Waals surface area contributed by atoms with E-state index in [-0.39, 0.29) is 0 Å². The smallest absolute Gasteiger partial charge is 0.0640 e. The Balaban J connectivity index is 2.88. The molecule has 1 aromatic rings. The van der Waals surface area contributed by atoms with Crippen LogP contribution < -0.4 is 5.32 Å². The van der Waals surface area contributed by atoms with E-state index in [0.717, 1.165) is 13.0 Å². The summed E-state index contributed by atoms with van der Waals surface area (Å²) < 4.78 is 2.15. The van der Waals surface area contributed by atoms with Gasteiger partial charge in [0, 0.05) is 24.7 Å².